The molecule has 0 unspecified atom stereocenters. The van der Waals surface area contributed by atoms with Crippen molar-refractivity contribution in [3.8, 4) is 29.1 Å². The van der Waals surface area contributed by atoms with Gasteiger partial charge in [-0.05, 0) is 46.8 Å². The monoisotopic (exact) mass is 394 g/mol. The fourth-order valence-electron chi connectivity index (χ4n) is 3.45. The molecule has 4 rings (SSSR count). The molecule has 2 N–H and O–H groups in total. The summed E-state index contributed by atoms with van der Waals surface area (Å²) in [4.78, 5) is 0. The van der Waals surface area contributed by atoms with Gasteiger partial charge >= 0.3 is 0 Å². The molecular weight excluding hydrogens is 372 g/mol. The Balaban J connectivity index is 1.61. The second-order valence-corrected chi connectivity index (χ2v) is 7.15. The van der Waals surface area contributed by atoms with Crippen molar-refractivity contribution in [2.24, 2.45) is 0 Å². The van der Waals surface area contributed by atoms with Crippen molar-refractivity contribution in [2.75, 3.05) is 7.11 Å². The molecule has 0 aliphatic rings. The van der Waals surface area contributed by atoms with E-state index in [1.165, 1.54) is 0 Å². The molecule has 0 aliphatic carbocycles. The number of hydrogen-bond acceptors (Lipinski definition) is 3. The molecule has 3 nitrogen and oxygen atoms in total. The number of hydrogen-bond donors (Lipinski definition) is 2. The Morgan fingerprint density at radius 1 is 0.833 bits per heavy atom. The highest BCUT2D eigenvalue weighted by Gasteiger charge is 2.13. The second kappa shape index (κ2) is 8.63. The molecule has 0 spiro atoms. The standard InChI is InChI=1S/C27H22O3/c1-30-23-14-11-19(12-15-23)8-5-9-21-10-13-22-18-26(28)25(27(29)24(22)16-21)17-20-6-3-2-4-7-20/h2-4,6-7,10-16,18,28-29H,8,17H2,1H3. The first-order valence-electron chi connectivity index (χ1n) is 9.77. The molecule has 0 aliphatic heterocycles. The van der Waals surface area contributed by atoms with E-state index in [-0.39, 0.29) is 11.5 Å². The van der Waals surface area contributed by atoms with E-state index >= 15 is 0 Å². The molecule has 0 fully saturated rings. The van der Waals surface area contributed by atoms with Crippen LogP contribution >= 0.6 is 0 Å². The lowest BCUT2D eigenvalue weighted by Crippen LogP contribution is -1.91. The summed E-state index contributed by atoms with van der Waals surface area (Å²) in [5, 5.41) is 22.7. The van der Waals surface area contributed by atoms with E-state index in [9.17, 15) is 10.2 Å². The molecule has 0 radical (unpaired) electrons. The maximum absolute atomic E-state index is 10.8. The van der Waals surface area contributed by atoms with Gasteiger partial charge in [0.05, 0.1) is 7.11 Å². The average molecular weight is 394 g/mol. The largest absolute Gasteiger partial charge is 0.507 e. The van der Waals surface area contributed by atoms with Crippen LogP contribution in [0.15, 0.2) is 78.9 Å². The third-order valence-corrected chi connectivity index (χ3v) is 5.10. The highest BCUT2D eigenvalue weighted by Crippen LogP contribution is 2.37. The highest BCUT2D eigenvalue weighted by atomic mass is 16.5. The molecule has 4 aromatic carbocycles. The van der Waals surface area contributed by atoms with Crippen LogP contribution in [0.25, 0.3) is 10.8 Å². The fraction of sp³-hybridized carbons (Fsp3) is 0.111. The van der Waals surface area contributed by atoms with Crippen LogP contribution in [0.2, 0.25) is 0 Å². The maximum atomic E-state index is 10.8. The van der Waals surface area contributed by atoms with Crippen molar-refractivity contribution in [1.29, 1.82) is 0 Å². The predicted octanol–water partition coefficient (Wildman–Crippen LogP) is 5.44. The first-order valence-corrected chi connectivity index (χ1v) is 9.77. The number of aromatic hydroxyl groups is 2. The molecule has 0 atom stereocenters. The molecule has 3 heteroatoms. The van der Waals surface area contributed by atoms with Crippen LogP contribution in [0.3, 0.4) is 0 Å². The molecule has 0 heterocycles. The number of phenols is 2. The van der Waals surface area contributed by atoms with Gasteiger partial charge in [-0.1, -0.05) is 60.4 Å². The Bertz CT molecular complexity index is 1230. The number of ether oxygens (including phenoxy) is 1. The molecule has 0 amide bonds. The van der Waals surface area contributed by atoms with Gasteiger partial charge in [-0.15, -0.1) is 0 Å². The van der Waals surface area contributed by atoms with Crippen molar-refractivity contribution in [2.45, 2.75) is 12.8 Å². The molecule has 0 aromatic heterocycles. The van der Waals surface area contributed by atoms with E-state index in [2.05, 4.69) is 11.8 Å². The Hall–Kier alpha value is -3.90. The number of rotatable bonds is 4. The number of methoxy groups -OCH3 is 1. The lowest BCUT2D eigenvalue weighted by atomic mass is 9.97. The van der Waals surface area contributed by atoms with Crippen molar-refractivity contribution in [3.63, 3.8) is 0 Å². The molecule has 0 saturated carbocycles. The summed E-state index contributed by atoms with van der Waals surface area (Å²) in [7, 11) is 1.65. The Morgan fingerprint density at radius 2 is 1.60 bits per heavy atom. The Morgan fingerprint density at radius 3 is 2.33 bits per heavy atom. The van der Waals surface area contributed by atoms with Crippen LogP contribution in [-0.2, 0) is 12.8 Å². The van der Waals surface area contributed by atoms with Gasteiger partial charge in [0.15, 0.2) is 0 Å². The number of benzene rings is 4. The molecular formula is C27H22O3. The zero-order chi connectivity index (χ0) is 20.9. The summed E-state index contributed by atoms with van der Waals surface area (Å²) in [6, 6.07) is 25.0. The molecule has 148 valence electrons. The second-order valence-electron chi connectivity index (χ2n) is 7.15. The first-order chi connectivity index (χ1) is 14.6. The van der Waals surface area contributed by atoms with E-state index in [1.54, 1.807) is 13.2 Å². The molecule has 0 saturated heterocycles. The van der Waals surface area contributed by atoms with Gasteiger partial charge in [-0.2, -0.15) is 0 Å². The van der Waals surface area contributed by atoms with Crippen molar-refractivity contribution >= 4 is 10.8 Å². The van der Waals surface area contributed by atoms with E-state index in [4.69, 9.17) is 4.74 Å². The van der Waals surface area contributed by atoms with Crippen LogP contribution in [-0.4, -0.2) is 17.3 Å². The van der Waals surface area contributed by atoms with E-state index < -0.39 is 0 Å². The summed E-state index contributed by atoms with van der Waals surface area (Å²) in [5.41, 5.74) is 3.49. The molecule has 30 heavy (non-hydrogen) atoms. The summed E-state index contributed by atoms with van der Waals surface area (Å²) in [5.74, 6) is 7.38. The van der Waals surface area contributed by atoms with Crippen LogP contribution in [0, 0.1) is 11.8 Å². The summed E-state index contributed by atoms with van der Waals surface area (Å²) in [6.45, 7) is 0. The van der Waals surface area contributed by atoms with Crippen molar-refractivity contribution < 1.29 is 14.9 Å². The Labute approximate surface area is 176 Å². The minimum Gasteiger partial charge on any atom is -0.507 e. The third-order valence-electron chi connectivity index (χ3n) is 5.10. The minimum atomic E-state index is 0.0993. The zero-order valence-corrected chi connectivity index (χ0v) is 16.7. The summed E-state index contributed by atoms with van der Waals surface area (Å²) < 4.78 is 5.17. The summed E-state index contributed by atoms with van der Waals surface area (Å²) >= 11 is 0. The predicted molar refractivity (Wildman–Crippen MR) is 120 cm³/mol. The number of phenolic OH excluding ortho intramolecular Hbond substituents is 2. The van der Waals surface area contributed by atoms with Gasteiger partial charge in [-0.3, -0.25) is 0 Å². The lowest BCUT2D eigenvalue weighted by molar-refractivity contribution is 0.414. The van der Waals surface area contributed by atoms with Crippen molar-refractivity contribution in [3.05, 3.63) is 101 Å². The van der Waals surface area contributed by atoms with Crippen LogP contribution in [0.5, 0.6) is 17.2 Å². The van der Waals surface area contributed by atoms with Gasteiger partial charge in [0, 0.05) is 29.4 Å². The average Bonchev–Trinajstić information content (AvgIpc) is 2.78. The van der Waals surface area contributed by atoms with Crippen LogP contribution in [0.1, 0.15) is 22.3 Å². The zero-order valence-electron chi connectivity index (χ0n) is 16.7. The normalized spacial score (nSPS) is 10.4. The van der Waals surface area contributed by atoms with E-state index in [1.807, 2.05) is 72.8 Å². The first kappa shape index (κ1) is 19.4. The van der Waals surface area contributed by atoms with E-state index in [0.717, 1.165) is 27.8 Å². The third kappa shape index (κ3) is 4.24. The van der Waals surface area contributed by atoms with Crippen molar-refractivity contribution in [1.82, 2.24) is 0 Å². The molecule has 0 bridgehead atoms. The smallest absolute Gasteiger partial charge is 0.130 e. The summed E-state index contributed by atoms with van der Waals surface area (Å²) in [6.07, 6.45) is 1.09. The Kier molecular flexibility index (Phi) is 5.59. The van der Waals surface area contributed by atoms with Crippen LogP contribution in [0.4, 0.5) is 0 Å². The van der Waals surface area contributed by atoms with Gasteiger partial charge in [0.25, 0.3) is 0 Å². The topological polar surface area (TPSA) is 49.7 Å². The minimum absolute atomic E-state index is 0.0993. The molecule has 4 aromatic rings. The van der Waals surface area contributed by atoms with Gasteiger partial charge < -0.3 is 14.9 Å². The lowest BCUT2D eigenvalue weighted by Gasteiger charge is -2.11. The van der Waals surface area contributed by atoms with Gasteiger partial charge in [0.2, 0.25) is 0 Å². The number of fused-ring (bicyclic) bond motifs is 1. The maximum Gasteiger partial charge on any atom is 0.130 e. The highest BCUT2D eigenvalue weighted by molar-refractivity contribution is 5.92. The van der Waals surface area contributed by atoms with Gasteiger partial charge in [0.1, 0.15) is 17.2 Å². The van der Waals surface area contributed by atoms with Gasteiger partial charge in [-0.25, -0.2) is 0 Å². The van der Waals surface area contributed by atoms with Crippen LogP contribution < -0.4 is 4.74 Å². The fourth-order valence-corrected chi connectivity index (χ4v) is 3.45. The SMILES string of the molecule is COc1ccc(CC#Cc2ccc3cc(O)c(Cc4ccccc4)c(O)c3c2)cc1. The van der Waals surface area contributed by atoms with E-state index in [0.29, 0.717) is 23.8 Å². The quantitative estimate of drug-likeness (QED) is 0.453.